The summed E-state index contributed by atoms with van der Waals surface area (Å²) in [6, 6.07) is 0.480. The third-order valence-corrected chi connectivity index (χ3v) is 1.93. The Morgan fingerprint density at radius 2 is 2.40 bits per heavy atom. The van der Waals surface area contributed by atoms with Crippen LogP contribution >= 0.6 is 0 Å². The van der Waals surface area contributed by atoms with Crippen LogP contribution in [-0.4, -0.2) is 11.9 Å². The first-order valence-corrected chi connectivity index (χ1v) is 3.87. The van der Waals surface area contributed by atoms with Crippen molar-refractivity contribution in [3.05, 3.63) is 12.3 Å². The zero-order valence-corrected chi connectivity index (χ0v) is 6.17. The molecular weight excluding hydrogens is 124 g/mol. The summed E-state index contributed by atoms with van der Waals surface area (Å²) in [5, 5.41) is 3.34. The van der Waals surface area contributed by atoms with Gasteiger partial charge in [0, 0.05) is 18.2 Å². The van der Waals surface area contributed by atoms with E-state index in [1.54, 1.807) is 0 Å². The first kappa shape index (κ1) is 5.96. The summed E-state index contributed by atoms with van der Waals surface area (Å²) in [5.41, 5.74) is 0. The average molecular weight is 136 g/mol. The van der Waals surface area contributed by atoms with Crippen molar-refractivity contribution in [2.24, 2.45) is 10.9 Å². The molecule has 0 radical (unpaired) electrons. The van der Waals surface area contributed by atoms with Crippen molar-refractivity contribution < 1.29 is 0 Å². The predicted octanol–water partition coefficient (Wildman–Crippen LogP) is 1.30. The first-order chi connectivity index (χ1) is 4.86. The summed E-state index contributed by atoms with van der Waals surface area (Å²) < 4.78 is 0. The maximum absolute atomic E-state index is 4.27. The second-order valence-electron chi connectivity index (χ2n) is 3.06. The van der Waals surface area contributed by atoms with Crippen LogP contribution in [0.4, 0.5) is 0 Å². The summed E-state index contributed by atoms with van der Waals surface area (Å²) >= 11 is 0. The van der Waals surface area contributed by atoms with Crippen molar-refractivity contribution in [3.63, 3.8) is 0 Å². The lowest BCUT2D eigenvalue weighted by molar-refractivity contribution is 0.766. The van der Waals surface area contributed by atoms with Gasteiger partial charge in [-0.15, -0.1) is 0 Å². The number of amidine groups is 1. The molecule has 1 heterocycles. The number of hydrogen-bond donors (Lipinski definition) is 1. The largest absolute Gasteiger partial charge is 0.367 e. The molecule has 0 spiro atoms. The zero-order valence-electron chi connectivity index (χ0n) is 6.17. The molecule has 2 heteroatoms. The van der Waals surface area contributed by atoms with Gasteiger partial charge in [0.1, 0.15) is 5.84 Å². The fourth-order valence-corrected chi connectivity index (χ4v) is 1.15. The van der Waals surface area contributed by atoms with E-state index in [2.05, 4.69) is 23.3 Å². The monoisotopic (exact) mass is 136 g/mol. The molecule has 54 valence electrons. The van der Waals surface area contributed by atoms with Crippen molar-refractivity contribution >= 4 is 5.84 Å². The van der Waals surface area contributed by atoms with Gasteiger partial charge < -0.3 is 5.32 Å². The third-order valence-electron chi connectivity index (χ3n) is 1.93. The molecule has 2 rings (SSSR count). The van der Waals surface area contributed by atoms with Crippen molar-refractivity contribution in [3.8, 4) is 0 Å². The van der Waals surface area contributed by atoms with E-state index in [4.69, 9.17) is 0 Å². The number of hydrogen-bond acceptors (Lipinski definition) is 2. The third kappa shape index (κ3) is 1.06. The van der Waals surface area contributed by atoms with E-state index in [1.807, 2.05) is 6.20 Å². The number of nitrogens with one attached hydrogen (secondary N) is 1. The Hall–Kier alpha value is -0.790. The topological polar surface area (TPSA) is 24.4 Å². The summed E-state index contributed by atoms with van der Waals surface area (Å²) in [6.45, 7) is 2.15. The molecule has 0 amide bonds. The Kier molecular flexibility index (Phi) is 1.26. The van der Waals surface area contributed by atoms with Gasteiger partial charge in [-0.25, -0.2) is 4.99 Å². The highest BCUT2D eigenvalue weighted by Gasteiger charge is 2.28. The first-order valence-electron chi connectivity index (χ1n) is 3.87. The van der Waals surface area contributed by atoms with Crippen LogP contribution in [0.25, 0.3) is 0 Å². The Labute approximate surface area is 61.0 Å². The van der Waals surface area contributed by atoms with Crippen molar-refractivity contribution in [1.29, 1.82) is 0 Å². The number of aliphatic imine (C=N–C) groups is 1. The van der Waals surface area contributed by atoms with Gasteiger partial charge >= 0.3 is 0 Å². The molecule has 1 N–H and O–H groups in total. The lowest BCUT2D eigenvalue weighted by Crippen LogP contribution is -2.34. The zero-order chi connectivity index (χ0) is 6.97. The Balaban J connectivity index is 2.06. The van der Waals surface area contributed by atoms with Crippen LogP contribution < -0.4 is 5.32 Å². The van der Waals surface area contributed by atoms with Crippen LogP contribution in [0.3, 0.4) is 0 Å². The molecule has 1 atom stereocenters. The minimum absolute atomic E-state index is 0.480. The van der Waals surface area contributed by atoms with Gasteiger partial charge in [-0.2, -0.15) is 0 Å². The molecule has 0 bridgehead atoms. The van der Waals surface area contributed by atoms with E-state index in [0.29, 0.717) is 6.04 Å². The lowest BCUT2D eigenvalue weighted by atomic mass is 10.2. The molecule has 1 fully saturated rings. The molecule has 1 unspecified atom stereocenters. The molecule has 10 heavy (non-hydrogen) atoms. The molecule has 2 aliphatic rings. The second-order valence-corrected chi connectivity index (χ2v) is 3.06. The highest BCUT2D eigenvalue weighted by Crippen LogP contribution is 2.30. The van der Waals surface area contributed by atoms with E-state index < -0.39 is 0 Å². The normalized spacial score (nSPS) is 31.3. The fourth-order valence-electron chi connectivity index (χ4n) is 1.15. The quantitative estimate of drug-likeness (QED) is 0.577. The highest BCUT2D eigenvalue weighted by atomic mass is 15.0. The van der Waals surface area contributed by atoms with Gasteiger partial charge in [0.2, 0.25) is 0 Å². The van der Waals surface area contributed by atoms with E-state index in [-0.39, 0.29) is 0 Å². The van der Waals surface area contributed by atoms with Crippen molar-refractivity contribution in [1.82, 2.24) is 5.32 Å². The number of rotatable bonds is 1. The maximum Gasteiger partial charge on any atom is 0.105 e. The van der Waals surface area contributed by atoms with Crippen molar-refractivity contribution in [2.75, 3.05) is 0 Å². The van der Waals surface area contributed by atoms with Crippen LogP contribution in [0.15, 0.2) is 17.3 Å². The molecule has 1 saturated carbocycles. The van der Waals surface area contributed by atoms with Crippen LogP contribution in [0.2, 0.25) is 0 Å². The second kappa shape index (κ2) is 2.11. The van der Waals surface area contributed by atoms with Gasteiger partial charge in [-0.05, 0) is 25.8 Å². The van der Waals surface area contributed by atoms with Gasteiger partial charge in [-0.1, -0.05) is 0 Å². The SMILES string of the molecule is CC1C=CN=C(C2CC2)N1. The standard InChI is InChI=1S/C8H12N2/c1-6-4-5-9-8(10-6)7-2-3-7/h4-7H,2-3H2,1H3,(H,9,10). The summed E-state index contributed by atoms with van der Waals surface area (Å²) in [5.74, 6) is 1.96. The highest BCUT2D eigenvalue weighted by molar-refractivity contribution is 5.88. The molecule has 1 aliphatic carbocycles. The fraction of sp³-hybridized carbons (Fsp3) is 0.625. The van der Waals surface area contributed by atoms with E-state index in [9.17, 15) is 0 Å². The molecule has 2 nitrogen and oxygen atoms in total. The summed E-state index contributed by atoms with van der Waals surface area (Å²) in [6.07, 6.45) is 6.64. The minimum atomic E-state index is 0.480. The molecule has 0 aromatic heterocycles. The molecule has 0 aromatic rings. The summed E-state index contributed by atoms with van der Waals surface area (Å²) in [7, 11) is 0. The van der Waals surface area contributed by atoms with Crippen LogP contribution in [0.1, 0.15) is 19.8 Å². The lowest BCUT2D eigenvalue weighted by Gasteiger charge is -2.15. The van der Waals surface area contributed by atoms with Gasteiger partial charge in [0.15, 0.2) is 0 Å². The summed E-state index contributed by atoms with van der Waals surface area (Å²) in [4.78, 5) is 4.27. The molecule has 0 saturated heterocycles. The minimum Gasteiger partial charge on any atom is -0.367 e. The average Bonchev–Trinajstić information content (AvgIpc) is 2.68. The van der Waals surface area contributed by atoms with Gasteiger partial charge in [-0.3, -0.25) is 0 Å². The van der Waals surface area contributed by atoms with E-state index >= 15 is 0 Å². The Morgan fingerprint density at radius 1 is 1.60 bits per heavy atom. The molecule has 1 aliphatic heterocycles. The Morgan fingerprint density at radius 3 is 3.00 bits per heavy atom. The van der Waals surface area contributed by atoms with Gasteiger partial charge in [0.25, 0.3) is 0 Å². The van der Waals surface area contributed by atoms with Gasteiger partial charge in [0.05, 0.1) is 0 Å². The van der Waals surface area contributed by atoms with Crippen LogP contribution in [0.5, 0.6) is 0 Å². The molecule has 0 aromatic carbocycles. The van der Waals surface area contributed by atoms with Crippen molar-refractivity contribution in [2.45, 2.75) is 25.8 Å². The predicted molar refractivity (Wildman–Crippen MR) is 41.9 cm³/mol. The van der Waals surface area contributed by atoms with E-state index in [1.165, 1.54) is 18.7 Å². The maximum atomic E-state index is 4.27. The van der Waals surface area contributed by atoms with Crippen LogP contribution in [-0.2, 0) is 0 Å². The number of nitrogens with zero attached hydrogens (tertiary/aromatic N) is 1. The smallest absolute Gasteiger partial charge is 0.105 e. The van der Waals surface area contributed by atoms with Crippen LogP contribution in [0, 0.1) is 5.92 Å². The molecular formula is C8H12N2. The Bertz CT molecular complexity index is 189. The van der Waals surface area contributed by atoms with E-state index in [0.717, 1.165) is 5.92 Å².